The van der Waals surface area contributed by atoms with Gasteiger partial charge in [0.25, 0.3) is 0 Å². The molecule has 8 heteroatoms. The number of rotatable bonds is 5. The van der Waals surface area contributed by atoms with E-state index in [0.717, 1.165) is 12.0 Å². The Balaban J connectivity index is 1.72. The van der Waals surface area contributed by atoms with Crippen LogP contribution >= 0.6 is 0 Å². The molecular weight excluding hydrogens is 371 g/mol. The number of carbonyl (C=O) groups is 1. The molecule has 3 atom stereocenters. The molecular formula is C19H19FN2O4S. The molecule has 3 N–H and O–H groups in total. The predicted molar refractivity (Wildman–Crippen MR) is 98.4 cm³/mol. The third-order valence-electron chi connectivity index (χ3n) is 4.99. The van der Waals surface area contributed by atoms with E-state index in [0.29, 0.717) is 40.3 Å². The lowest BCUT2D eigenvalue weighted by Crippen LogP contribution is -2.17. The number of hydrogen-bond donors (Lipinski definition) is 2. The third-order valence-corrected chi connectivity index (χ3v) is 6.19. The minimum Gasteiger partial charge on any atom is -0.492 e. The van der Waals surface area contributed by atoms with Crippen LogP contribution in [0, 0.1) is 11.7 Å². The summed E-state index contributed by atoms with van der Waals surface area (Å²) in [5.74, 6) is 0.372. The summed E-state index contributed by atoms with van der Waals surface area (Å²) in [5, 5.41) is 0. The largest absolute Gasteiger partial charge is 0.492 e. The molecule has 1 fully saturated rings. The van der Waals surface area contributed by atoms with Gasteiger partial charge in [0, 0.05) is 12.5 Å². The van der Waals surface area contributed by atoms with Crippen molar-refractivity contribution in [3.63, 3.8) is 0 Å². The molecule has 1 heterocycles. The molecule has 0 radical (unpaired) electrons. The minimum absolute atomic E-state index is 0.0424. The number of anilines is 1. The van der Waals surface area contributed by atoms with Gasteiger partial charge in [0.15, 0.2) is 11.0 Å². The van der Waals surface area contributed by atoms with Gasteiger partial charge in [-0.3, -0.25) is 0 Å². The number of esters is 1. The van der Waals surface area contributed by atoms with E-state index in [-0.39, 0.29) is 12.1 Å². The molecule has 0 bridgehead atoms. The van der Waals surface area contributed by atoms with E-state index in [1.165, 1.54) is 25.3 Å². The van der Waals surface area contributed by atoms with Crippen LogP contribution in [0.5, 0.6) is 5.75 Å². The molecule has 2 aliphatic rings. The van der Waals surface area contributed by atoms with Gasteiger partial charge in [-0.1, -0.05) is 6.07 Å². The van der Waals surface area contributed by atoms with Gasteiger partial charge in [0.05, 0.1) is 24.3 Å². The lowest BCUT2D eigenvalue weighted by Gasteiger charge is -2.22. The maximum Gasteiger partial charge on any atom is 0.343 e. The SMILES string of the molecule is COC(=O)c1c(NS(=O)c2ccc(F)cc2CN)ccc2c1OCC1CC21. The van der Waals surface area contributed by atoms with Gasteiger partial charge in [-0.15, -0.1) is 0 Å². The molecule has 1 saturated carbocycles. The van der Waals surface area contributed by atoms with E-state index >= 15 is 0 Å². The van der Waals surface area contributed by atoms with Crippen LogP contribution in [0.2, 0.25) is 0 Å². The average Bonchev–Trinajstić information content (AvgIpc) is 3.46. The molecule has 0 spiro atoms. The maximum absolute atomic E-state index is 13.4. The van der Waals surface area contributed by atoms with E-state index in [4.69, 9.17) is 15.2 Å². The second-order valence-corrected chi connectivity index (χ2v) is 7.82. The van der Waals surface area contributed by atoms with E-state index in [2.05, 4.69) is 4.72 Å². The van der Waals surface area contributed by atoms with Crippen LogP contribution in [0.3, 0.4) is 0 Å². The molecule has 4 rings (SSSR count). The van der Waals surface area contributed by atoms with Crippen LogP contribution in [0.15, 0.2) is 35.2 Å². The van der Waals surface area contributed by atoms with Crippen LogP contribution in [-0.2, 0) is 22.3 Å². The number of nitrogens with two attached hydrogens (primary N) is 1. The summed E-state index contributed by atoms with van der Waals surface area (Å²) in [5.41, 5.74) is 7.61. The molecule has 2 aromatic rings. The summed E-state index contributed by atoms with van der Waals surface area (Å²) < 4.78 is 39.8. The van der Waals surface area contributed by atoms with Crippen LogP contribution in [0.4, 0.5) is 10.1 Å². The van der Waals surface area contributed by atoms with Crippen molar-refractivity contribution in [2.24, 2.45) is 11.7 Å². The van der Waals surface area contributed by atoms with Gasteiger partial charge in [0.1, 0.15) is 17.1 Å². The standard InChI is InChI=1S/C19H19FN2O4S/c1-25-19(23)17-15(4-3-13-14-7-11(14)9-26-18(13)17)22-27(24)16-5-2-12(20)6-10(16)8-21/h2-6,11,14,22H,7-9,21H2,1H3. The number of fused-ring (bicyclic) bond motifs is 3. The van der Waals surface area contributed by atoms with Gasteiger partial charge >= 0.3 is 5.97 Å². The molecule has 3 unspecified atom stereocenters. The first-order chi connectivity index (χ1) is 13.0. The smallest absolute Gasteiger partial charge is 0.343 e. The Morgan fingerprint density at radius 3 is 2.96 bits per heavy atom. The topological polar surface area (TPSA) is 90.7 Å². The van der Waals surface area contributed by atoms with Crippen molar-refractivity contribution in [1.29, 1.82) is 0 Å². The summed E-state index contributed by atoms with van der Waals surface area (Å²) in [6.07, 6.45) is 1.04. The van der Waals surface area contributed by atoms with Crippen LogP contribution in [0.1, 0.15) is 33.8 Å². The Kier molecular flexibility index (Phi) is 4.61. The fourth-order valence-electron chi connectivity index (χ4n) is 3.48. The quantitative estimate of drug-likeness (QED) is 0.766. The highest BCUT2D eigenvalue weighted by atomic mass is 32.2. The van der Waals surface area contributed by atoms with E-state index in [1.807, 2.05) is 6.07 Å². The summed E-state index contributed by atoms with van der Waals surface area (Å²) in [6.45, 7) is 0.601. The van der Waals surface area contributed by atoms with Crippen molar-refractivity contribution >= 4 is 22.6 Å². The fraction of sp³-hybridized carbons (Fsp3) is 0.316. The van der Waals surface area contributed by atoms with E-state index in [9.17, 15) is 13.4 Å². The van der Waals surface area contributed by atoms with Gasteiger partial charge in [0.2, 0.25) is 0 Å². The number of carbonyl (C=O) groups excluding carboxylic acids is 1. The number of nitrogens with one attached hydrogen (secondary N) is 1. The van der Waals surface area contributed by atoms with Gasteiger partial charge in [-0.2, -0.15) is 0 Å². The number of benzene rings is 2. The molecule has 2 aromatic carbocycles. The molecule has 0 aromatic heterocycles. The third kappa shape index (κ3) is 3.19. The number of methoxy groups -OCH3 is 1. The zero-order valence-corrected chi connectivity index (χ0v) is 15.5. The van der Waals surface area contributed by atoms with E-state index in [1.54, 1.807) is 6.07 Å². The second kappa shape index (κ2) is 6.94. The highest BCUT2D eigenvalue weighted by Gasteiger charge is 2.45. The van der Waals surface area contributed by atoms with Gasteiger partial charge < -0.3 is 19.9 Å². The molecule has 1 aliphatic carbocycles. The Morgan fingerprint density at radius 1 is 1.41 bits per heavy atom. The first kappa shape index (κ1) is 17.9. The van der Waals surface area contributed by atoms with Crippen molar-refractivity contribution < 1.29 is 22.9 Å². The highest BCUT2D eigenvalue weighted by Crippen LogP contribution is 2.55. The highest BCUT2D eigenvalue weighted by molar-refractivity contribution is 7.86. The Morgan fingerprint density at radius 2 is 2.22 bits per heavy atom. The summed E-state index contributed by atoms with van der Waals surface area (Å²) in [7, 11) is -0.453. The van der Waals surface area contributed by atoms with Crippen LogP contribution < -0.4 is 15.2 Å². The first-order valence-electron chi connectivity index (χ1n) is 8.58. The Bertz CT molecular complexity index is 950. The molecule has 1 aliphatic heterocycles. The molecule has 142 valence electrons. The van der Waals surface area contributed by atoms with Crippen LogP contribution in [0.25, 0.3) is 0 Å². The molecule has 6 nitrogen and oxygen atoms in total. The van der Waals surface area contributed by atoms with Crippen LogP contribution in [-0.4, -0.2) is 23.9 Å². The molecule has 27 heavy (non-hydrogen) atoms. The van der Waals surface area contributed by atoms with Crippen molar-refractivity contribution in [3.05, 3.63) is 52.8 Å². The number of halogens is 1. The van der Waals surface area contributed by atoms with Crippen molar-refractivity contribution in [2.75, 3.05) is 18.4 Å². The summed E-state index contributed by atoms with van der Waals surface area (Å²) >= 11 is 0. The minimum atomic E-state index is -1.74. The predicted octanol–water partition coefficient (Wildman–Crippen LogP) is 2.70. The monoisotopic (exact) mass is 390 g/mol. The number of hydrogen-bond acceptors (Lipinski definition) is 5. The first-order valence-corrected chi connectivity index (χ1v) is 9.73. The molecule has 0 saturated heterocycles. The second-order valence-electron chi connectivity index (χ2n) is 6.64. The average molecular weight is 390 g/mol. The normalized spacial score (nSPS) is 20.7. The van der Waals surface area contributed by atoms with Crippen molar-refractivity contribution in [2.45, 2.75) is 23.8 Å². The van der Waals surface area contributed by atoms with Crippen molar-refractivity contribution in [3.8, 4) is 5.75 Å². The number of ether oxygens (including phenoxy) is 2. The lowest BCUT2D eigenvalue weighted by molar-refractivity contribution is 0.0596. The zero-order chi connectivity index (χ0) is 19.1. The lowest BCUT2D eigenvalue weighted by atomic mass is 10.0. The Labute approximate surface area is 158 Å². The van der Waals surface area contributed by atoms with Gasteiger partial charge in [-0.05, 0) is 47.7 Å². The van der Waals surface area contributed by atoms with Gasteiger partial charge in [-0.25, -0.2) is 13.4 Å². The summed E-state index contributed by atoms with van der Waals surface area (Å²) in [4.78, 5) is 12.8. The Hall–Kier alpha value is -2.45. The molecule has 0 amide bonds. The fourth-order valence-corrected chi connectivity index (χ4v) is 4.53. The zero-order valence-electron chi connectivity index (χ0n) is 14.7. The maximum atomic E-state index is 13.4. The van der Waals surface area contributed by atoms with Crippen molar-refractivity contribution in [1.82, 2.24) is 0 Å². The summed E-state index contributed by atoms with van der Waals surface area (Å²) in [6, 6.07) is 7.48. The van der Waals surface area contributed by atoms with E-state index < -0.39 is 22.8 Å².